The average Bonchev–Trinajstić information content (AvgIpc) is 2.50. The largest absolute Gasteiger partial charge is 0.393 e. The van der Waals surface area contributed by atoms with Gasteiger partial charge in [-0.3, -0.25) is 0 Å². The molecule has 13 heavy (non-hydrogen) atoms. The van der Waals surface area contributed by atoms with E-state index in [1.54, 1.807) is 0 Å². The summed E-state index contributed by atoms with van der Waals surface area (Å²) in [5.74, 6) is 0.930. The molecule has 0 radical (unpaired) electrons. The van der Waals surface area contributed by atoms with Crippen LogP contribution < -0.4 is 0 Å². The molecule has 2 nitrogen and oxygen atoms in total. The Hall–Kier alpha value is -0.0800. The quantitative estimate of drug-likeness (QED) is 0.707. The minimum atomic E-state index is -0.134. The predicted molar refractivity (Wildman–Crippen MR) is 55.8 cm³/mol. The fourth-order valence-electron chi connectivity index (χ4n) is 2.13. The zero-order valence-electron chi connectivity index (χ0n) is 9.00. The number of nitrogens with zero attached hydrogens (tertiary/aromatic N) is 1. The van der Waals surface area contributed by atoms with Gasteiger partial charge >= 0.3 is 0 Å². The Labute approximate surface area is 81.9 Å². The lowest BCUT2D eigenvalue weighted by atomic mass is 10.0. The van der Waals surface area contributed by atoms with Gasteiger partial charge in [-0.1, -0.05) is 13.3 Å². The van der Waals surface area contributed by atoms with E-state index < -0.39 is 0 Å². The second kappa shape index (κ2) is 5.61. The maximum absolute atomic E-state index is 9.16. The molecule has 1 fully saturated rings. The molecule has 0 aliphatic carbocycles. The van der Waals surface area contributed by atoms with Crippen molar-refractivity contribution < 1.29 is 5.11 Å². The molecule has 1 saturated heterocycles. The van der Waals surface area contributed by atoms with E-state index in [2.05, 4.69) is 11.8 Å². The number of hydrogen-bond donors (Lipinski definition) is 1. The third-order valence-electron chi connectivity index (χ3n) is 2.93. The topological polar surface area (TPSA) is 23.5 Å². The van der Waals surface area contributed by atoms with Gasteiger partial charge in [0.1, 0.15) is 0 Å². The summed E-state index contributed by atoms with van der Waals surface area (Å²) in [6.45, 7) is 7.73. The second-order valence-electron chi connectivity index (χ2n) is 4.38. The van der Waals surface area contributed by atoms with Crippen molar-refractivity contribution in [3.05, 3.63) is 0 Å². The van der Waals surface area contributed by atoms with Crippen molar-refractivity contribution in [1.82, 2.24) is 4.90 Å². The number of likely N-dealkylation sites (tertiary alicyclic amines) is 1. The van der Waals surface area contributed by atoms with Gasteiger partial charge in [-0.25, -0.2) is 0 Å². The van der Waals surface area contributed by atoms with Gasteiger partial charge in [0, 0.05) is 13.1 Å². The van der Waals surface area contributed by atoms with Crippen LogP contribution in [0.4, 0.5) is 0 Å². The van der Waals surface area contributed by atoms with Crippen LogP contribution in [0.3, 0.4) is 0 Å². The minimum Gasteiger partial charge on any atom is -0.393 e. The van der Waals surface area contributed by atoms with Gasteiger partial charge in [-0.2, -0.15) is 0 Å². The molecule has 0 amide bonds. The van der Waals surface area contributed by atoms with Crippen molar-refractivity contribution in [3.8, 4) is 0 Å². The predicted octanol–water partition coefficient (Wildman–Crippen LogP) is 1.88. The number of hydrogen-bond acceptors (Lipinski definition) is 2. The lowest BCUT2D eigenvalue weighted by Crippen LogP contribution is -2.24. The Morgan fingerprint density at radius 1 is 1.54 bits per heavy atom. The van der Waals surface area contributed by atoms with Crippen LogP contribution in [0, 0.1) is 5.92 Å². The Bertz CT molecular complexity index is 136. The molecule has 0 saturated carbocycles. The van der Waals surface area contributed by atoms with E-state index >= 15 is 0 Å². The van der Waals surface area contributed by atoms with E-state index in [1.165, 1.54) is 32.4 Å². The molecule has 2 unspecified atom stereocenters. The van der Waals surface area contributed by atoms with Crippen LogP contribution in [0.25, 0.3) is 0 Å². The summed E-state index contributed by atoms with van der Waals surface area (Å²) in [7, 11) is 0. The van der Waals surface area contributed by atoms with E-state index in [1.807, 2.05) is 6.92 Å². The lowest BCUT2D eigenvalue weighted by Gasteiger charge is -2.16. The second-order valence-corrected chi connectivity index (χ2v) is 4.38. The molecule has 1 N–H and O–H groups in total. The molecular formula is C11H23NO. The highest BCUT2D eigenvalue weighted by molar-refractivity contribution is 4.75. The molecular weight excluding hydrogens is 162 g/mol. The van der Waals surface area contributed by atoms with Crippen LogP contribution in [0.15, 0.2) is 0 Å². The van der Waals surface area contributed by atoms with E-state index in [9.17, 15) is 0 Å². The third-order valence-corrected chi connectivity index (χ3v) is 2.93. The first kappa shape index (κ1) is 11.0. The molecule has 2 atom stereocenters. The smallest absolute Gasteiger partial charge is 0.0524 e. The van der Waals surface area contributed by atoms with Crippen LogP contribution in [0.1, 0.15) is 39.5 Å². The fraction of sp³-hybridized carbons (Fsp3) is 1.00. The highest BCUT2D eigenvalue weighted by Gasteiger charge is 2.21. The first-order valence-electron chi connectivity index (χ1n) is 5.62. The molecule has 0 aromatic heterocycles. The first-order chi connectivity index (χ1) is 6.22. The summed E-state index contributed by atoms with van der Waals surface area (Å²) in [4.78, 5) is 2.49. The summed E-state index contributed by atoms with van der Waals surface area (Å²) in [5, 5.41) is 9.16. The van der Waals surface area contributed by atoms with Crippen molar-refractivity contribution in [3.63, 3.8) is 0 Å². The van der Waals surface area contributed by atoms with Crippen LogP contribution >= 0.6 is 0 Å². The third kappa shape index (κ3) is 4.10. The van der Waals surface area contributed by atoms with Crippen LogP contribution in [-0.2, 0) is 0 Å². The zero-order chi connectivity index (χ0) is 9.68. The van der Waals surface area contributed by atoms with Gasteiger partial charge in [-0.05, 0) is 38.6 Å². The Morgan fingerprint density at radius 3 is 2.92 bits per heavy atom. The monoisotopic (exact) mass is 185 g/mol. The summed E-state index contributed by atoms with van der Waals surface area (Å²) in [6, 6.07) is 0. The van der Waals surface area contributed by atoms with Crippen LogP contribution in [0.5, 0.6) is 0 Å². The minimum absolute atomic E-state index is 0.134. The van der Waals surface area contributed by atoms with Crippen molar-refractivity contribution >= 4 is 0 Å². The Kier molecular flexibility index (Phi) is 4.74. The Morgan fingerprint density at radius 2 is 2.31 bits per heavy atom. The van der Waals surface area contributed by atoms with Gasteiger partial charge in [0.2, 0.25) is 0 Å². The summed E-state index contributed by atoms with van der Waals surface area (Å²) in [6.07, 6.45) is 4.86. The molecule has 1 rings (SSSR count). The van der Waals surface area contributed by atoms with Crippen molar-refractivity contribution in [2.24, 2.45) is 5.92 Å². The van der Waals surface area contributed by atoms with Crippen LogP contribution in [0.2, 0.25) is 0 Å². The maximum Gasteiger partial charge on any atom is 0.0524 e. The molecule has 1 aliphatic rings. The molecule has 1 aliphatic heterocycles. The van der Waals surface area contributed by atoms with Gasteiger partial charge in [0.05, 0.1) is 6.10 Å². The zero-order valence-corrected chi connectivity index (χ0v) is 9.00. The van der Waals surface area contributed by atoms with E-state index in [-0.39, 0.29) is 6.10 Å². The van der Waals surface area contributed by atoms with Crippen LogP contribution in [-0.4, -0.2) is 35.7 Å². The van der Waals surface area contributed by atoms with Gasteiger partial charge in [-0.15, -0.1) is 0 Å². The number of aliphatic hydroxyl groups excluding tert-OH is 1. The summed E-state index contributed by atoms with van der Waals surface area (Å²) in [5.41, 5.74) is 0. The van der Waals surface area contributed by atoms with Crippen molar-refractivity contribution in [2.45, 2.75) is 45.6 Å². The fourth-order valence-corrected chi connectivity index (χ4v) is 2.13. The average molecular weight is 185 g/mol. The normalized spacial score (nSPS) is 26.5. The van der Waals surface area contributed by atoms with E-state index in [0.29, 0.717) is 0 Å². The van der Waals surface area contributed by atoms with E-state index in [4.69, 9.17) is 5.11 Å². The molecule has 0 bridgehead atoms. The SMILES string of the molecule is CCCC1CCN(CCC(C)O)C1. The van der Waals surface area contributed by atoms with Crippen molar-refractivity contribution in [2.75, 3.05) is 19.6 Å². The highest BCUT2D eigenvalue weighted by Crippen LogP contribution is 2.20. The Balaban J connectivity index is 2.10. The van der Waals surface area contributed by atoms with E-state index in [0.717, 1.165) is 18.9 Å². The highest BCUT2D eigenvalue weighted by atomic mass is 16.3. The summed E-state index contributed by atoms with van der Waals surface area (Å²) >= 11 is 0. The van der Waals surface area contributed by atoms with Crippen molar-refractivity contribution in [1.29, 1.82) is 0 Å². The lowest BCUT2D eigenvalue weighted by molar-refractivity contribution is 0.163. The number of rotatable bonds is 5. The molecule has 78 valence electrons. The van der Waals surface area contributed by atoms with Gasteiger partial charge in [0.25, 0.3) is 0 Å². The van der Waals surface area contributed by atoms with Gasteiger partial charge in [0.15, 0.2) is 0 Å². The standard InChI is InChI=1S/C11H23NO/c1-3-4-11-6-8-12(9-11)7-5-10(2)13/h10-11,13H,3-9H2,1-2H3. The van der Waals surface area contributed by atoms with Gasteiger partial charge < -0.3 is 10.0 Å². The maximum atomic E-state index is 9.16. The molecule has 2 heteroatoms. The molecule has 0 aromatic carbocycles. The first-order valence-corrected chi connectivity index (χ1v) is 5.62. The summed E-state index contributed by atoms with van der Waals surface area (Å²) < 4.78 is 0. The molecule has 0 aromatic rings. The molecule has 1 heterocycles. The number of aliphatic hydroxyl groups is 1. The molecule has 0 spiro atoms.